The fourth-order valence-corrected chi connectivity index (χ4v) is 2.47. The van der Waals surface area contributed by atoms with Crippen LogP contribution in [0, 0.1) is 9.39 Å². The topological polar surface area (TPSA) is 25.2 Å². The summed E-state index contributed by atoms with van der Waals surface area (Å²) in [5.74, 6) is 1.50. The molecule has 1 unspecified atom stereocenters. The first kappa shape index (κ1) is 13.5. The number of hydrogen-bond donors (Lipinski definition) is 1. The van der Waals surface area contributed by atoms with Crippen molar-refractivity contribution in [2.75, 3.05) is 7.05 Å². The summed E-state index contributed by atoms with van der Waals surface area (Å²) in [4.78, 5) is 0. The number of halogens is 2. The SMILES string of the molecule is CNC(C)Cc1ccc(-c2ccc(F)cc2I)o1. The van der Waals surface area contributed by atoms with Crippen molar-refractivity contribution >= 4 is 22.6 Å². The highest BCUT2D eigenvalue weighted by molar-refractivity contribution is 14.1. The molecular formula is C14H15FINO. The number of furan rings is 1. The molecule has 2 rings (SSSR count). The number of nitrogens with one attached hydrogen (secondary N) is 1. The van der Waals surface area contributed by atoms with Crippen LogP contribution < -0.4 is 5.32 Å². The highest BCUT2D eigenvalue weighted by Gasteiger charge is 2.10. The monoisotopic (exact) mass is 359 g/mol. The van der Waals surface area contributed by atoms with Crippen LogP contribution in [0.1, 0.15) is 12.7 Å². The average molecular weight is 359 g/mol. The Bertz CT molecular complexity index is 538. The molecule has 0 saturated carbocycles. The van der Waals surface area contributed by atoms with Gasteiger partial charge in [-0.3, -0.25) is 0 Å². The summed E-state index contributed by atoms with van der Waals surface area (Å²) in [6.07, 6.45) is 0.842. The molecule has 1 N–H and O–H groups in total. The molecule has 2 nitrogen and oxygen atoms in total. The Labute approximate surface area is 120 Å². The molecule has 0 saturated heterocycles. The molecule has 0 aliphatic heterocycles. The third-order valence-corrected chi connectivity index (χ3v) is 3.75. The molecule has 1 heterocycles. The maximum absolute atomic E-state index is 13.0. The van der Waals surface area contributed by atoms with Gasteiger partial charge in [0.1, 0.15) is 17.3 Å². The van der Waals surface area contributed by atoms with Crippen molar-refractivity contribution in [1.29, 1.82) is 0 Å². The Kier molecular flexibility index (Phi) is 4.40. The van der Waals surface area contributed by atoms with Gasteiger partial charge in [-0.25, -0.2) is 4.39 Å². The van der Waals surface area contributed by atoms with E-state index in [4.69, 9.17) is 4.42 Å². The zero-order valence-corrected chi connectivity index (χ0v) is 12.5. The Hall–Kier alpha value is -0.880. The van der Waals surface area contributed by atoms with E-state index < -0.39 is 0 Å². The maximum Gasteiger partial charge on any atom is 0.135 e. The fraction of sp³-hybridized carbons (Fsp3) is 0.286. The lowest BCUT2D eigenvalue weighted by molar-refractivity contribution is 0.481. The molecule has 0 bridgehead atoms. The van der Waals surface area contributed by atoms with Crippen molar-refractivity contribution < 1.29 is 8.81 Å². The second-order valence-electron chi connectivity index (χ2n) is 4.28. The molecule has 2 aromatic rings. The van der Waals surface area contributed by atoms with Gasteiger partial charge >= 0.3 is 0 Å². The lowest BCUT2D eigenvalue weighted by Gasteiger charge is -2.07. The van der Waals surface area contributed by atoms with Gasteiger partial charge < -0.3 is 9.73 Å². The van der Waals surface area contributed by atoms with Gasteiger partial charge in [0.15, 0.2) is 0 Å². The Morgan fingerprint density at radius 2 is 2.11 bits per heavy atom. The molecule has 1 aromatic heterocycles. The van der Waals surface area contributed by atoms with Gasteiger partial charge in [-0.2, -0.15) is 0 Å². The first-order valence-corrected chi connectivity index (χ1v) is 6.89. The summed E-state index contributed by atoms with van der Waals surface area (Å²) in [6, 6.07) is 9.00. The summed E-state index contributed by atoms with van der Waals surface area (Å²) in [5, 5.41) is 3.17. The second kappa shape index (κ2) is 5.84. The van der Waals surface area contributed by atoms with Gasteiger partial charge in [-0.1, -0.05) is 0 Å². The van der Waals surface area contributed by atoms with Crippen LogP contribution in [0.2, 0.25) is 0 Å². The van der Waals surface area contributed by atoms with Crippen LogP contribution in [0.3, 0.4) is 0 Å². The van der Waals surface area contributed by atoms with Gasteiger partial charge in [0.25, 0.3) is 0 Å². The Morgan fingerprint density at radius 1 is 1.33 bits per heavy atom. The van der Waals surface area contributed by atoms with Crippen molar-refractivity contribution in [3.8, 4) is 11.3 Å². The van der Waals surface area contributed by atoms with Gasteiger partial charge in [-0.15, -0.1) is 0 Å². The van der Waals surface area contributed by atoms with Crippen molar-refractivity contribution in [1.82, 2.24) is 5.32 Å². The first-order valence-electron chi connectivity index (χ1n) is 5.81. The van der Waals surface area contributed by atoms with Crippen LogP contribution in [0.5, 0.6) is 0 Å². The molecule has 0 aliphatic rings. The van der Waals surface area contributed by atoms with Gasteiger partial charge in [-0.05, 0) is 66.9 Å². The quantitative estimate of drug-likeness (QED) is 0.840. The molecule has 4 heteroatoms. The lowest BCUT2D eigenvalue weighted by atomic mass is 10.2. The minimum Gasteiger partial charge on any atom is -0.461 e. The van der Waals surface area contributed by atoms with E-state index in [1.54, 1.807) is 6.07 Å². The molecule has 96 valence electrons. The zero-order chi connectivity index (χ0) is 13.1. The third kappa shape index (κ3) is 3.11. The molecule has 1 aromatic carbocycles. The van der Waals surface area contributed by atoms with Gasteiger partial charge in [0.2, 0.25) is 0 Å². The van der Waals surface area contributed by atoms with Gasteiger partial charge in [0, 0.05) is 21.6 Å². The van der Waals surface area contributed by atoms with E-state index in [0.29, 0.717) is 6.04 Å². The largest absolute Gasteiger partial charge is 0.461 e. The summed E-state index contributed by atoms with van der Waals surface area (Å²) in [7, 11) is 1.93. The first-order chi connectivity index (χ1) is 8.60. The summed E-state index contributed by atoms with van der Waals surface area (Å²) in [6.45, 7) is 2.10. The number of rotatable bonds is 4. The molecule has 0 amide bonds. The zero-order valence-electron chi connectivity index (χ0n) is 10.3. The molecule has 18 heavy (non-hydrogen) atoms. The van der Waals surface area contributed by atoms with Crippen LogP contribution >= 0.6 is 22.6 Å². The van der Waals surface area contributed by atoms with E-state index in [1.807, 2.05) is 19.2 Å². The number of benzene rings is 1. The summed E-state index contributed by atoms with van der Waals surface area (Å²) < 4.78 is 19.7. The third-order valence-electron chi connectivity index (χ3n) is 2.86. The van der Waals surface area contributed by atoms with Crippen LogP contribution in [0.15, 0.2) is 34.7 Å². The minimum atomic E-state index is -0.223. The van der Waals surface area contributed by atoms with E-state index in [9.17, 15) is 4.39 Å². The van der Waals surface area contributed by atoms with E-state index >= 15 is 0 Å². The number of hydrogen-bond acceptors (Lipinski definition) is 2. The van der Waals surface area contributed by atoms with Crippen LogP contribution in [0.4, 0.5) is 4.39 Å². The Morgan fingerprint density at radius 3 is 2.78 bits per heavy atom. The molecule has 0 fully saturated rings. The molecule has 0 radical (unpaired) electrons. The molecular weight excluding hydrogens is 344 g/mol. The van der Waals surface area contributed by atoms with E-state index in [0.717, 1.165) is 27.1 Å². The number of likely N-dealkylation sites (N-methyl/N-ethyl adjacent to an activating group) is 1. The Balaban J connectivity index is 2.24. The summed E-state index contributed by atoms with van der Waals surface area (Å²) >= 11 is 2.12. The molecule has 1 atom stereocenters. The van der Waals surface area contributed by atoms with Crippen LogP contribution in [-0.4, -0.2) is 13.1 Å². The highest BCUT2D eigenvalue weighted by Crippen LogP contribution is 2.28. The van der Waals surface area contributed by atoms with E-state index in [2.05, 4.69) is 34.8 Å². The summed E-state index contributed by atoms with van der Waals surface area (Å²) in [5.41, 5.74) is 0.931. The van der Waals surface area contributed by atoms with Crippen molar-refractivity contribution in [2.45, 2.75) is 19.4 Å². The predicted octanol–water partition coefficient (Wildman–Crippen LogP) is 3.84. The standard InChI is InChI=1S/C14H15FINO/c1-9(17-2)7-11-4-6-14(18-11)12-5-3-10(15)8-13(12)16/h3-6,8-9,17H,7H2,1-2H3. The van der Waals surface area contributed by atoms with Crippen molar-refractivity contribution in [3.63, 3.8) is 0 Å². The predicted molar refractivity (Wildman–Crippen MR) is 79.0 cm³/mol. The van der Waals surface area contributed by atoms with E-state index in [1.165, 1.54) is 12.1 Å². The lowest BCUT2D eigenvalue weighted by Crippen LogP contribution is -2.23. The maximum atomic E-state index is 13.0. The van der Waals surface area contributed by atoms with Gasteiger partial charge in [0.05, 0.1) is 0 Å². The molecule has 0 spiro atoms. The van der Waals surface area contributed by atoms with Crippen LogP contribution in [-0.2, 0) is 6.42 Å². The van der Waals surface area contributed by atoms with Crippen LogP contribution in [0.25, 0.3) is 11.3 Å². The minimum absolute atomic E-state index is 0.223. The average Bonchev–Trinajstić information content (AvgIpc) is 2.77. The molecule has 0 aliphatic carbocycles. The normalized spacial score (nSPS) is 12.7. The van der Waals surface area contributed by atoms with E-state index in [-0.39, 0.29) is 5.82 Å². The fourth-order valence-electron chi connectivity index (χ4n) is 1.73. The highest BCUT2D eigenvalue weighted by atomic mass is 127. The van der Waals surface area contributed by atoms with Crippen molar-refractivity contribution in [2.24, 2.45) is 0 Å². The smallest absolute Gasteiger partial charge is 0.135 e. The van der Waals surface area contributed by atoms with Crippen molar-refractivity contribution in [3.05, 3.63) is 45.5 Å². The second-order valence-corrected chi connectivity index (χ2v) is 5.45.